The molecule has 5 saturated heterocycles. The van der Waals surface area contributed by atoms with Gasteiger partial charge in [-0.2, -0.15) is 13.2 Å². The van der Waals surface area contributed by atoms with Crippen LogP contribution in [0.25, 0.3) is 33.3 Å². The highest BCUT2D eigenvalue weighted by atomic mass is 19.4. The molecular weight excluding hydrogens is 1060 g/mol. The molecule has 7 atom stereocenters. The second-order valence-corrected chi connectivity index (χ2v) is 27.0. The number of methoxy groups -OCH3 is 1. The minimum atomic E-state index is -4.59. The van der Waals surface area contributed by atoms with Crippen LogP contribution in [0.2, 0.25) is 0 Å². The molecule has 13 rings (SSSR count). The van der Waals surface area contributed by atoms with E-state index in [2.05, 4.69) is 35.7 Å². The van der Waals surface area contributed by atoms with E-state index in [1.165, 1.54) is 35.3 Å². The van der Waals surface area contributed by atoms with Crippen molar-refractivity contribution < 1.29 is 41.8 Å². The molecule has 0 radical (unpaired) electrons. The van der Waals surface area contributed by atoms with E-state index >= 15 is 22.8 Å². The average molecular weight is 1150 g/mol. The summed E-state index contributed by atoms with van der Waals surface area (Å²) >= 11 is 0. The van der Waals surface area contributed by atoms with Crippen molar-refractivity contribution in [2.24, 2.45) is 22.7 Å². The largest absolute Gasteiger partial charge is 0.464 e. The third kappa shape index (κ3) is 11.8. The lowest BCUT2D eigenvalue weighted by molar-refractivity contribution is -0.155. The van der Waals surface area contributed by atoms with E-state index in [1.807, 2.05) is 69.4 Å². The van der Waals surface area contributed by atoms with Gasteiger partial charge >= 0.3 is 12.1 Å². The number of pyridine rings is 1. The van der Waals surface area contributed by atoms with Gasteiger partial charge in [0.25, 0.3) is 5.91 Å². The number of ether oxygens (including phenoxy) is 2. The van der Waals surface area contributed by atoms with Gasteiger partial charge in [-0.3, -0.25) is 44.3 Å². The van der Waals surface area contributed by atoms with Crippen molar-refractivity contribution in [1.82, 2.24) is 45.3 Å². The number of rotatable bonds is 12. The number of amides is 3. The Balaban J connectivity index is 0.853. The number of alkyl halides is 3. The molecule has 3 aliphatic carbocycles. The van der Waals surface area contributed by atoms with Crippen molar-refractivity contribution >= 4 is 40.3 Å². The number of nitrogens with one attached hydrogen (secondary N) is 3. The summed E-state index contributed by atoms with van der Waals surface area (Å²) in [6, 6.07) is 14.1. The summed E-state index contributed by atoms with van der Waals surface area (Å²) in [5.74, 6) is -0.0989. The first-order valence-corrected chi connectivity index (χ1v) is 31.1. The summed E-state index contributed by atoms with van der Waals surface area (Å²) in [7, 11) is 1.58. The molecule has 8 heterocycles. The van der Waals surface area contributed by atoms with Gasteiger partial charge in [0, 0.05) is 105 Å². The fraction of sp³-hybridized carbons (Fsp3) is 0.641. The lowest BCUT2D eigenvalue weighted by Crippen LogP contribution is -2.62. The second kappa shape index (κ2) is 22.4. The maximum Gasteiger partial charge on any atom is 0.406 e. The maximum absolute atomic E-state index is 15.3. The van der Waals surface area contributed by atoms with Gasteiger partial charge in [-0.15, -0.1) is 0 Å². The number of aromatic nitrogens is 2. The minimum absolute atomic E-state index is 0.0536. The molecule has 3 saturated carbocycles. The molecular formula is C64H83F3N10O6. The highest BCUT2D eigenvalue weighted by Gasteiger charge is 2.55. The SMILES string of the molecule is CO[C@@H](C)c1ncc(N2CCN(C3CC3)CC2)cc1-c1c2c3cc(ccc3n1CC(F)(F)F)-c1cccc(c1)C[C@H](NC(=O)[C@H](C1CCCC1)N1CC[C@]3(CCN(C(=O)[C@@H]4N[C@@H]4C4CC4)C3)C1)C(=O)N1CCC[C@H](N1)C(=O)OCC(C)(C)C2. The number of hydrogen-bond donors (Lipinski definition) is 3. The first-order valence-electron chi connectivity index (χ1n) is 31.1. The predicted octanol–water partition coefficient (Wildman–Crippen LogP) is 7.81. The van der Waals surface area contributed by atoms with Crippen LogP contribution in [0.15, 0.2) is 54.7 Å². The molecule has 8 fully saturated rings. The Morgan fingerprint density at radius 3 is 2.41 bits per heavy atom. The molecule has 2 aromatic heterocycles. The summed E-state index contributed by atoms with van der Waals surface area (Å²) in [6.45, 7) is 11.0. The van der Waals surface area contributed by atoms with Crippen LogP contribution in [0.3, 0.4) is 0 Å². The smallest absolute Gasteiger partial charge is 0.406 e. The van der Waals surface area contributed by atoms with E-state index in [-0.39, 0.29) is 54.5 Å². The molecule has 19 heteroatoms. The number of nitrogens with zero attached hydrogens (tertiary/aromatic N) is 7. The number of piperazine rings is 1. The zero-order chi connectivity index (χ0) is 57.5. The Kier molecular flexibility index (Phi) is 15.2. The Morgan fingerprint density at radius 2 is 1.66 bits per heavy atom. The molecule has 0 unspecified atom stereocenters. The highest BCUT2D eigenvalue weighted by molar-refractivity contribution is 5.96. The van der Waals surface area contributed by atoms with Gasteiger partial charge in [0.15, 0.2) is 0 Å². The number of carbonyl (C=O) groups is 4. The van der Waals surface area contributed by atoms with Gasteiger partial charge in [0.1, 0.15) is 24.7 Å². The molecule has 4 aromatic rings. The van der Waals surface area contributed by atoms with Crippen molar-refractivity contribution in [3.63, 3.8) is 0 Å². The van der Waals surface area contributed by atoms with Crippen molar-refractivity contribution in [3.8, 4) is 22.4 Å². The topological polar surface area (TPSA) is 167 Å². The molecule has 83 heavy (non-hydrogen) atoms. The Hall–Kier alpha value is -5.60. The predicted molar refractivity (Wildman–Crippen MR) is 310 cm³/mol. The lowest BCUT2D eigenvalue weighted by atomic mass is 9.84. The number of fused-ring (bicyclic) bond motifs is 6. The molecule has 9 aliphatic rings. The number of hydrazine groups is 1. The number of carbonyl (C=O) groups excluding carboxylic acids is 4. The normalized spacial score (nSPS) is 28.2. The van der Waals surface area contributed by atoms with Crippen LogP contribution in [0.4, 0.5) is 18.9 Å². The summed E-state index contributed by atoms with van der Waals surface area (Å²) in [5.41, 5.74) is 8.11. The molecule has 6 bridgehead atoms. The Labute approximate surface area is 485 Å². The lowest BCUT2D eigenvalue weighted by Gasteiger charge is -2.37. The van der Waals surface area contributed by atoms with Crippen LogP contribution in [0.5, 0.6) is 0 Å². The first-order chi connectivity index (χ1) is 39.9. The molecule has 16 nitrogen and oxygen atoms in total. The van der Waals surface area contributed by atoms with Crippen LogP contribution in [0.1, 0.15) is 121 Å². The minimum Gasteiger partial charge on any atom is -0.464 e. The molecule has 3 N–H and O–H groups in total. The van der Waals surface area contributed by atoms with Crippen LogP contribution < -0.4 is 21.0 Å². The number of likely N-dealkylation sites (tertiary alicyclic amines) is 2. The monoisotopic (exact) mass is 1140 g/mol. The third-order valence-corrected chi connectivity index (χ3v) is 20.2. The molecule has 2 aromatic carbocycles. The Morgan fingerprint density at radius 1 is 0.892 bits per heavy atom. The van der Waals surface area contributed by atoms with Crippen molar-refractivity contribution in [1.29, 1.82) is 0 Å². The number of anilines is 1. The fourth-order valence-electron chi connectivity index (χ4n) is 15.3. The van der Waals surface area contributed by atoms with Crippen LogP contribution in [-0.4, -0.2) is 168 Å². The fourth-order valence-corrected chi connectivity index (χ4v) is 15.3. The van der Waals surface area contributed by atoms with E-state index in [4.69, 9.17) is 14.5 Å². The Bertz CT molecular complexity index is 3130. The zero-order valence-electron chi connectivity index (χ0n) is 48.8. The summed E-state index contributed by atoms with van der Waals surface area (Å²) in [4.78, 5) is 72.7. The van der Waals surface area contributed by atoms with E-state index in [9.17, 15) is 9.59 Å². The summed E-state index contributed by atoms with van der Waals surface area (Å²) in [6.07, 6.45) is 8.53. The number of cyclic esters (lactones) is 1. The van der Waals surface area contributed by atoms with Crippen molar-refractivity contribution in [3.05, 3.63) is 71.5 Å². The standard InChI is InChI=1S/C64H83F3N10O6/c1-39(82-4)53-48(32-46(34-68-53)73-27-25-72(26-28-73)45-17-18-45)57-49-33-62(2,3)38-83-61(81)50-13-8-22-77(71-50)59(79)51(30-40-9-7-12-43(29-40)44-16-19-52(47(49)31-44)76(57)37-64(65,66)67)69-58(78)56(42-10-5-6-11-42)74-23-20-63(35-74)21-24-75(36-63)60(80)55-54(70-55)41-14-15-41/h7,9,12,16,19,29,31-32,34,39,41-42,45,50-51,54-56,70-71H,5-6,8,10-11,13-15,17-18,20-28,30,33,35-38H2,1-4H3,(H,69,78)/t39-,50-,51-,54+,55+,56-,63-/m0/s1. The van der Waals surface area contributed by atoms with E-state index in [0.29, 0.717) is 83.9 Å². The molecule has 3 amide bonds. The first kappa shape index (κ1) is 56.5. The van der Waals surface area contributed by atoms with E-state index < -0.39 is 48.3 Å². The van der Waals surface area contributed by atoms with Gasteiger partial charge in [0.05, 0.1) is 42.0 Å². The van der Waals surface area contributed by atoms with Crippen molar-refractivity contribution in [2.75, 3.05) is 77.5 Å². The third-order valence-electron chi connectivity index (χ3n) is 20.2. The highest BCUT2D eigenvalue weighted by Crippen LogP contribution is 2.47. The van der Waals surface area contributed by atoms with Gasteiger partial charge in [-0.1, -0.05) is 57.0 Å². The number of halogens is 3. The van der Waals surface area contributed by atoms with Crippen LogP contribution >= 0.6 is 0 Å². The number of esters is 1. The summed E-state index contributed by atoms with van der Waals surface area (Å²) < 4.78 is 59.3. The number of benzene rings is 2. The van der Waals surface area contributed by atoms with Gasteiger partial charge in [-0.25, -0.2) is 5.43 Å². The summed E-state index contributed by atoms with van der Waals surface area (Å²) in [5, 5.41) is 8.91. The van der Waals surface area contributed by atoms with Gasteiger partial charge < -0.3 is 29.2 Å². The second-order valence-electron chi connectivity index (χ2n) is 27.0. The van der Waals surface area contributed by atoms with Gasteiger partial charge in [0.2, 0.25) is 11.8 Å². The molecule has 446 valence electrons. The average Bonchev–Trinajstić information content (AvgIpc) is 3.82. The quantitative estimate of drug-likeness (QED) is 0.0933. The van der Waals surface area contributed by atoms with E-state index in [1.54, 1.807) is 13.2 Å². The van der Waals surface area contributed by atoms with E-state index in [0.717, 1.165) is 100 Å². The molecule has 1 spiro atoms. The molecule has 6 aliphatic heterocycles. The van der Waals surface area contributed by atoms with Crippen molar-refractivity contribution in [2.45, 2.75) is 166 Å². The maximum atomic E-state index is 15.3. The zero-order valence-corrected chi connectivity index (χ0v) is 48.8. The van der Waals surface area contributed by atoms with Crippen LogP contribution in [-0.2, 0) is 48.0 Å². The van der Waals surface area contributed by atoms with Gasteiger partial charge in [-0.05, 0) is 136 Å². The van der Waals surface area contributed by atoms with Crippen LogP contribution in [0, 0.1) is 22.7 Å². The number of hydrogen-bond acceptors (Lipinski definition) is 12.